The first-order valence-corrected chi connectivity index (χ1v) is 17.9. The Kier molecular flexibility index (Phi) is 6.75. The van der Waals surface area contributed by atoms with Crippen LogP contribution in [0.1, 0.15) is 0 Å². The molecule has 1 nitrogen and oxygen atoms in total. The van der Waals surface area contributed by atoms with E-state index in [1.54, 1.807) is 0 Å². The molecule has 2 heteroatoms. The first-order valence-electron chi connectivity index (χ1n) is 17.1. The lowest BCUT2D eigenvalue weighted by atomic mass is 9.97. The molecule has 0 N–H and O–H groups in total. The summed E-state index contributed by atoms with van der Waals surface area (Å²) in [5.74, 6) is 0. The minimum absolute atomic E-state index is 1.12. The molecule has 0 bridgehead atoms. The van der Waals surface area contributed by atoms with Crippen molar-refractivity contribution in [3.8, 4) is 22.3 Å². The van der Waals surface area contributed by atoms with E-state index in [1.165, 1.54) is 74.7 Å². The summed E-state index contributed by atoms with van der Waals surface area (Å²) < 4.78 is 2.61. The Labute approximate surface area is 294 Å². The van der Waals surface area contributed by atoms with Crippen molar-refractivity contribution in [3.05, 3.63) is 188 Å². The van der Waals surface area contributed by atoms with E-state index in [9.17, 15) is 0 Å². The lowest BCUT2D eigenvalue weighted by Gasteiger charge is -2.26. The second kappa shape index (κ2) is 11.7. The van der Waals surface area contributed by atoms with Gasteiger partial charge in [-0.2, -0.15) is 0 Å². The van der Waals surface area contributed by atoms with Gasteiger partial charge in [-0.3, -0.25) is 0 Å². The number of nitrogens with zero attached hydrogens (tertiary/aromatic N) is 1. The lowest BCUT2D eigenvalue weighted by Crippen LogP contribution is -2.09. The van der Waals surface area contributed by atoms with Crippen LogP contribution in [0.25, 0.3) is 74.7 Å². The summed E-state index contributed by atoms with van der Waals surface area (Å²) in [6.07, 6.45) is 0. The molecule has 0 aliphatic carbocycles. The molecule has 234 valence electrons. The van der Waals surface area contributed by atoms with Crippen LogP contribution in [-0.4, -0.2) is 0 Å². The van der Waals surface area contributed by atoms with Crippen LogP contribution in [0.2, 0.25) is 0 Å². The largest absolute Gasteiger partial charge is 0.310 e. The third-order valence-corrected chi connectivity index (χ3v) is 11.1. The predicted octanol–water partition coefficient (Wildman–Crippen LogP) is 14.3. The van der Waals surface area contributed by atoms with Gasteiger partial charge in [0.2, 0.25) is 0 Å². The number of rotatable bonds is 5. The maximum absolute atomic E-state index is 2.39. The predicted molar refractivity (Wildman–Crippen MR) is 217 cm³/mol. The highest BCUT2D eigenvalue weighted by Gasteiger charge is 2.16. The normalized spacial score (nSPS) is 11.6. The van der Waals surface area contributed by atoms with Gasteiger partial charge < -0.3 is 4.90 Å². The van der Waals surface area contributed by atoms with E-state index in [0.29, 0.717) is 0 Å². The molecule has 1 heterocycles. The van der Waals surface area contributed by atoms with Gasteiger partial charge in [0.1, 0.15) is 0 Å². The average molecular weight is 654 g/mol. The van der Waals surface area contributed by atoms with Crippen molar-refractivity contribution >= 4 is 80.9 Å². The molecule has 0 spiro atoms. The Balaban J connectivity index is 1.08. The summed E-state index contributed by atoms with van der Waals surface area (Å²) in [6.45, 7) is 0. The number of hydrogen-bond acceptors (Lipinski definition) is 2. The zero-order valence-electron chi connectivity index (χ0n) is 27.3. The topological polar surface area (TPSA) is 3.24 Å². The zero-order chi connectivity index (χ0) is 33.0. The molecule has 50 heavy (non-hydrogen) atoms. The highest BCUT2D eigenvalue weighted by Crippen LogP contribution is 2.42. The van der Waals surface area contributed by atoms with E-state index in [2.05, 4.69) is 193 Å². The summed E-state index contributed by atoms with van der Waals surface area (Å²) in [6, 6.07) is 68.8. The van der Waals surface area contributed by atoms with E-state index >= 15 is 0 Å². The van der Waals surface area contributed by atoms with Gasteiger partial charge in [0.15, 0.2) is 0 Å². The van der Waals surface area contributed by atoms with E-state index < -0.39 is 0 Å². The van der Waals surface area contributed by atoms with Crippen molar-refractivity contribution in [1.29, 1.82) is 0 Å². The molecule has 1 aromatic heterocycles. The Hall–Kier alpha value is -6.22. The quantitative estimate of drug-likeness (QED) is 0.167. The molecule has 0 amide bonds. The van der Waals surface area contributed by atoms with Crippen LogP contribution in [0.5, 0.6) is 0 Å². The Bertz CT molecular complexity index is 2880. The van der Waals surface area contributed by atoms with E-state index in [-0.39, 0.29) is 0 Å². The molecule has 0 unspecified atom stereocenters. The van der Waals surface area contributed by atoms with Gasteiger partial charge in [-0.1, -0.05) is 133 Å². The maximum Gasteiger partial charge on any atom is 0.0476 e. The third-order valence-electron chi connectivity index (χ3n) is 10.0. The van der Waals surface area contributed by atoms with Crippen LogP contribution in [0.15, 0.2) is 188 Å². The summed E-state index contributed by atoms with van der Waals surface area (Å²) in [4.78, 5) is 2.39. The molecule has 10 rings (SSSR count). The Morgan fingerprint density at radius 3 is 1.74 bits per heavy atom. The zero-order valence-corrected chi connectivity index (χ0v) is 28.1. The molecule has 0 saturated carbocycles. The molecular formula is C48H31NS. The molecule has 9 aromatic carbocycles. The molecule has 0 saturated heterocycles. The Morgan fingerprint density at radius 1 is 0.280 bits per heavy atom. The third kappa shape index (κ3) is 4.92. The standard InChI is InChI=1S/C48H31NS/c1-2-10-35-28-38(18-16-32(35)8-1)36-11-7-12-41(30-36)49(42-25-27-46-45-14-5-6-15-47(45)50-48(46)31-42)40-23-20-33(21-24-40)37-22-26-44-39(29-37)19-17-34-9-3-4-13-43(34)44/h1-31H. The molecule has 0 fully saturated rings. The van der Waals surface area contributed by atoms with Gasteiger partial charge in [0.25, 0.3) is 0 Å². The van der Waals surface area contributed by atoms with Crippen molar-refractivity contribution in [1.82, 2.24) is 0 Å². The van der Waals surface area contributed by atoms with E-state index in [0.717, 1.165) is 17.1 Å². The second-order valence-corrected chi connectivity index (χ2v) is 14.1. The highest BCUT2D eigenvalue weighted by atomic mass is 32.1. The fraction of sp³-hybridized carbons (Fsp3) is 0. The number of hydrogen-bond donors (Lipinski definition) is 0. The van der Waals surface area contributed by atoms with Crippen LogP contribution in [0.3, 0.4) is 0 Å². The van der Waals surface area contributed by atoms with Gasteiger partial charge >= 0.3 is 0 Å². The van der Waals surface area contributed by atoms with Crippen molar-refractivity contribution in [3.63, 3.8) is 0 Å². The van der Waals surface area contributed by atoms with Crippen molar-refractivity contribution in [2.75, 3.05) is 4.90 Å². The monoisotopic (exact) mass is 653 g/mol. The van der Waals surface area contributed by atoms with Gasteiger partial charge in [0, 0.05) is 37.2 Å². The molecule has 0 radical (unpaired) electrons. The molecular weight excluding hydrogens is 623 g/mol. The summed E-state index contributed by atoms with van der Waals surface area (Å²) in [5, 5.41) is 10.2. The van der Waals surface area contributed by atoms with Crippen molar-refractivity contribution in [2.24, 2.45) is 0 Å². The molecule has 0 atom stereocenters. The van der Waals surface area contributed by atoms with Crippen LogP contribution < -0.4 is 4.90 Å². The van der Waals surface area contributed by atoms with Gasteiger partial charge in [-0.25, -0.2) is 0 Å². The van der Waals surface area contributed by atoms with Crippen LogP contribution in [0, 0.1) is 0 Å². The van der Waals surface area contributed by atoms with Crippen molar-refractivity contribution < 1.29 is 0 Å². The number of thiophene rings is 1. The minimum Gasteiger partial charge on any atom is -0.310 e. The first-order chi connectivity index (χ1) is 24.7. The van der Waals surface area contributed by atoms with E-state index in [1.807, 2.05) is 11.3 Å². The van der Waals surface area contributed by atoms with Crippen molar-refractivity contribution in [2.45, 2.75) is 0 Å². The van der Waals surface area contributed by atoms with Gasteiger partial charge in [-0.15, -0.1) is 11.3 Å². The van der Waals surface area contributed by atoms with Gasteiger partial charge in [0.05, 0.1) is 0 Å². The maximum atomic E-state index is 2.39. The highest BCUT2D eigenvalue weighted by molar-refractivity contribution is 7.25. The van der Waals surface area contributed by atoms with Crippen LogP contribution in [-0.2, 0) is 0 Å². The van der Waals surface area contributed by atoms with Gasteiger partial charge in [-0.05, 0) is 109 Å². The fourth-order valence-electron chi connectivity index (χ4n) is 7.49. The first kappa shape index (κ1) is 28.8. The lowest BCUT2D eigenvalue weighted by molar-refractivity contribution is 1.29. The number of fused-ring (bicyclic) bond motifs is 7. The number of benzene rings is 9. The summed E-state index contributed by atoms with van der Waals surface area (Å²) in [7, 11) is 0. The summed E-state index contributed by atoms with van der Waals surface area (Å²) >= 11 is 1.86. The molecule has 10 aromatic rings. The van der Waals surface area contributed by atoms with Crippen LogP contribution >= 0.6 is 11.3 Å². The van der Waals surface area contributed by atoms with E-state index in [4.69, 9.17) is 0 Å². The number of anilines is 3. The van der Waals surface area contributed by atoms with Crippen LogP contribution in [0.4, 0.5) is 17.1 Å². The Morgan fingerprint density at radius 2 is 0.840 bits per heavy atom. The summed E-state index contributed by atoms with van der Waals surface area (Å²) in [5.41, 5.74) is 8.22. The molecule has 0 aliphatic rings. The second-order valence-electron chi connectivity index (χ2n) is 13.0. The average Bonchev–Trinajstić information content (AvgIpc) is 3.56. The fourth-order valence-corrected chi connectivity index (χ4v) is 8.63. The smallest absolute Gasteiger partial charge is 0.0476 e. The molecule has 0 aliphatic heterocycles. The SMILES string of the molecule is c1cc(-c2ccc3ccccc3c2)cc(N(c2ccc(-c3ccc4c(ccc5ccccc54)c3)cc2)c2ccc3c(c2)sc2ccccc23)c1. The minimum atomic E-state index is 1.12.